The molecule has 90 valence electrons. The van der Waals surface area contributed by atoms with Gasteiger partial charge >= 0.3 is 0 Å². The molecule has 0 spiro atoms. The average molecular weight is 236 g/mol. The second-order valence-electron chi connectivity index (χ2n) is 3.54. The lowest BCUT2D eigenvalue weighted by atomic mass is 10.3. The Morgan fingerprint density at radius 3 is 3.00 bits per heavy atom. The molecular weight excluding hydrogens is 224 g/mol. The number of aryl methyl sites for hydroxylation is 1. The molecule has 2 aromatic rings. The van der Waals surface area contributed by atoms with Crippen LogP contribution < -0.4 is 10.2 Å². The van der Waals surface area contributed by atoms with Crippen LogP contribution in [0.2, 0.25) is 0 Å². The standard InChI is InChI=1S/C11H12N2O4/c1-13-4-8(3-12-13)6-17-11-7-16-9(5-14)2-10(11)15/h2-4,7,14H,5-6H2,1H3. The smallest absolute Gasteiger partial charge is 0.227 e. The zero-order valence-electron chi connectivity index (χ0n) is 9.29. The summed E-state index contributed by atoms with van der Waals surface area (Å²) in [6, 6.07) is 1.21. The van der Waals surface area contributed by atoms with Crippen molar-refractivity contribution in [1.82, 2.24) is 9.78 Å². The first kappa shape index (κ1) is 11.4. The Labute approximate surface area is 97.1 Å². The van der Waals surface area contributed by atoms with Crippen molar-refractivity contribution in [2.75, 3.05) is 0 Å². The summed E-state index contributed by atoms with van der Waals surface area (Å²) in [5.74, 6) is 0.329. The van der Waals surface area contributed by atoms with Crippen LogP contribution in [0.1, 0.15) is 11.3 Å². The highest BCUT2D eigenvalue weighted by Gasteiger charge is 2.05. The summed E-state index contributed by atoms with van der Waals surface area (Å²) in [6.07, 6.45) is 4.65. The van der Waals surface area contributed by atoms with Crippen LogP contribution in [0, 0.1) is 0 Å². The summed E-state index contributed by atoms with van der Waals surface area (Å²) < 4.78 is 11.9. The number of ether oxygens (including phenoxy) is 1. The SMILES string of the molecule is Cn1cc(COc2coc(CO)cc2=O)cn1. The van der Waals surface area contributed by atoms with Crippen molar-refractivity contribution in [1.29, 1.82) is 0 Å². The molecule has 0 saturated carbocycles. The second-order valence-corrected chi connectivity index (χ2v) is 3.54. The lowest BCUT2D eigenvalue weighted by molar-refractivity contribution is 0.236. The number of nitrogens with zero attached hydrogens (tertiary/aromatic N) is 2. The molecule has 2 aromatic heterocycles. The molecule has 0 aromatic carbocycles. The maximum absolute atomic E-state index is 11.5. The van der Waals surface area contributed by atoms with Crippen LogP contribution in [0.25, 0.3) is 0 Å². The Hall–Kier alpha value is -2.08. The summed E-state index contributed by atoms with van der Waals surface area (Å²) in [4.78, 5) is 11.5. The monoisotopic (exact) mass is 236 g/mol. The molecule has 0 fully saturated rings. The number of hydrogen-bond acceptors (Lipinski definition) is 5. The van der Waals surface area contributed by atoms with Gasteiger partial charge in [-0.25, -0.2) is 0 Å². The summed E-state index contributed by atoms with van der Waals surface area (Å²) in [7, 11) is 1.80. The molecule has 0 saturated heterocycles. The number of hydrogen-bond donors (Lipinski definition) is 1. The lowest BCUT2D eigenvalue weighted by Gasteiger charge is -2.03. The van der Waals surface area contributed by atoms with Gasteiger partial charge in [-0.2, -0.15) is 5.10 Å². The van der Waals surface area contributed by atoms with Crippen LogP contribution in [0.15, 0.2) is 33.9 Å². The van der Waals surface area contributed by atoms with Gasteiger partial charge in [-0.3, -0.25) is 9.48 Å². The fourth-order valence-electron chi connectivity index (χ4n) is 1.33. The first-order valence-electron chi connectivity index (χ1n) is 5.02. The maximum atomic E-state index is 11.5. The third kappa shape index (κ3) is 2.73. The van der Waals surface area contributed by atoms with E-state index in [9.17, 15) is 4.79 Å². The highest BCUT2D eigenvalue weighted by atomic mass is 16.5. The molecule has 2 heterocycles. The Bertz CT molecular complexity index is 559. The molecule has 0 aliphatic heterocycles. The summed E-state index contributed by atoms with van der Waals surface area (Å²) in [5.41, 5.74) is 0.544. The van der Waals surface area contributed by atoms with Crippen LogP contribution in [-0.4, -0.2) is 14.9 Å². The first-order valence-corrected chi connectivity index (χ1v) is 5.02. The molecule has 0 aliphatic rings. The minimum atomic E-state index is -0.316. The van der Waals surface area contributed by atoms with Gasteiger partial charge in [0.25, 0.3) is 0 Å². The van der Waals surface area contributed by atoms with Crippen molar-refractivity contribution < 1.29 is 14.3 Å². The fourth-order valence-corrected chi connectivity index (χ4v) is 1.33. The van der Waals surface area contributed by atoms with E-state index in [-0.39, 0.29) is 30.2 Å². The van der Waals surface area contributed by atoms with Gasteiger partial charge in [-0.15, -0.1) is 0 Å². The first-order chi connectivity index (χ1) is 8.19. The van der Waals surface area contributed by atoms with E-state index in [2.05, 4.69) is 5.10 Å². The van der Waals surface area contributed by atoms with Crippen molar-refractivity contribution in [2.24, 2.45) is 7.05 Å². The molecule has 0 unspecified atom stereocenters. The fraction of sp³-hybridized carbons (Fsp3) is 0.273. The lowest BCUT2D eigenvalue weighted by Crippen LogP contribution is -2.07. The molecule has 0 amide bonds. The van der Waals surface area contributed by atoms with E-state index in [1.807, 2.05) is 0 Å². The molecule has 6 nitrogen and oxygen atoms in total. The molecule has 2 rings (SSSR count). The molecule has 6 heteroatoms. The van der Waals surface area contributed by atoms with E-state index in [1.54, 1.807) is 24.1 Å². The molecule has 0 atom stereocenters. The van der Waals surface area contributed by atoms with Crippen LogP contribution >= 0.6 is 0 Å². The zero-order valence-corrected chi connectivity index (χ0v) is 9.29. The van der Waals surface area contributed by atoms with E-state index < -0.39 is 0 Å². The Morgan fingerprint density at radius 2 is 2.41 bits per heavy atom. The van der Waals surface area contributed by atoms with E-state index in [0.717, 1.165) is 5.56 Å². The van der Waals surface area contributed by atoms with Crippen molar-refractivity contribution in [3.8, 4) is 5.75 Å². The molecule has 0 radical (unpaired) electrons. The molecular formula is C11H12N2O4. The van der Waals surface area contributed by atoms with Crippen LogP contribution in [0.4, 0.5) is 0 Å². The highest BCUT2D eigenvalue weighted by molar-refractivity contribution is 5.18. The van der Waals surface area contributed by atoms with Crippen LogP contribution in [-0.2, 0) is 20.3 Å². The highest BCUT2D eigenvalue weighted by Crippen LogP contribution is 2.08. The Kier molecular flexibility index (Phi) is 3.24. The second kappa shape index (κ2) is 4.84. The van der Waals surface area contributed by atoms with E-state index in [4.69, 9.17) is 14.3 Å². The average Bonchev–Trinajstić information content (AvgIpc) is 2.73. The normalized spacial score (nSPS) is 10.5. The third-order valence-corrected chi connectivity index (χ3v) is 2.16. The zero-order chi connectivity index (χ0) is 12.3. The molecule has 1 N–H and O–H groups in total. The van der Waals surface area contributed by atoms with Crippen molar-refractivity contribution in [3.05, 3.63) is 46.3 Å². The van der Waals surface area contributed by atoms with Crippen molar-refractivity contribution in [2.45, 2.75) is 13.2 Å². The topological polar surface area (TPSA) is 77.5 Å². The molecule has 17 heavy (non-hydrogen) atoms. The van der Waals surface area contributed by atoms with Gasteiger partial charge in [0, 0.05) is 24.9 Å². The number of rotatable bonds is 4. The largest absolute Gasteiger partial charge is 0.482 e. The summed E-state index contributed by atoms with van der Waals surface area (Å²) in [6.45, 7) is -0.0603. The van der Waals surface area contributed by atoms with E-state index >= 15 is 0 Å². The van der Waals surface area contributed by atoms with Crippen molar-refractivity contribution in [3.63, 3.8) is 0 Å². The van der Waals surface area contributed by atoms with Gasteiger partial charge in [-0.1, -0.05) is 0 Å². The summed E-state index contributed by atoms with van der Waals surface area (Å²) >= 11 is 0. The van der Waals surface area contributed by atoms with Gasteiger partial charge in [0.15, 0.2) is 0 Å². The van der Waals surface area contributed by atoms with Crippen LogP contribution in [0.3, 0.4) is 0 Å². The van der Waals surface area contributed by atoms with Gasteiger partial charge < -0.3 is 14.3 Å². The Balaban J connectivity index is 2.06. The predicted molar refractivity (Wildman–Crippen MR) is 58.4 cm³/mol. The summed E-state index contributed by atoms with van der Waals surface area (Å²) in [5, 5.41) is 12.8. The molecule has 0 bridgehead atoms. The van der Waals surface area contributed by atoms with E-state index in [0.29, 0.717) is 0 Å². The van der Waals surface area contributed by atoms with Gasteiger partial charge in [0.2, 0.25) is 11.2 Å². The molecule has 0 aliphatic carbocycles. The Morgan fingerprint density at radius 1 is 1.59 bits per heavy atom. The minimum absolute atomic E-state index is 0.117. The minimum Gasteiger partial charge on any atom is -0.482 e. The van der Waals surface area contributed by atoms with Crippen molar-refractivity contribution >= 4 is 0 Å². The predicted octanol–water partition coefficient (Wildman–Crippen LogP) is 0.445. The number of aliphatic hydroxyl groups is 1. The van der Waals surface area contributed by atoms with Gasteiger partial charge in [-0.05, 0) is 0 Å². The number of aromatic nitrogens is 2. The maximum Gasteiger partial charge on any atom is 0.227 e. The third-order valence-electron chi connectivity index (χ3n) is 2.16. The number of aliphatic hydroxyl groups excluding tert-OH is 1. The van der Waals surface area contributed by atoms with Gasteiger partial charge in [0.1, 0.15) is 25.2 Å². The quantitative estimate of drug-likeness (QED) is 0.833. The van der Waals surface area contributed by atoms with E-state index in [1.165, 1.54) is 12.3 Å². The van der Waals surface area contributed by atoms with Gasteiger partial charge in [0.05, 0.1) is 6.20 Å². The van der Waals surface area contributed by atoms with Crippen LogP contribution in [0.5, 0.6) is 5.75 Å².